The maximum atomic E-state index is 12.0. The third-order valence-corrected chi connectivity index (χ3v) is 3.56. The molecule has 19 heavy (non-hydrogen) atoms. The third-order valence-electron chi connectivity index (χ3n) is 2.74. The second-order valence-electron chi connectivity index (χ2n) is 4.23. The Morgan fingerprint density at radius 2 is 2.16 bits per heavy atom. The number of nitrogens with one attached hydrogen (secondary N) is 1. The second kappa shape index (κ2) is 6.40. The molecule has 0 unspecified atom stereocenters. The van der Waals surface area contributed by atoms with Gasteiger partial charge >= 0.3 is 0 Å². The van der Waals surface area contributed by atoms with E-state index in [-0.39, 0.29) is 18.6 Å². The van der Waals surface area contributed by atoms with Gasteiger partial charge in [-0.1, -0.05) is 34.8 Å². The molecule has 0 saturated carbocycles. The highest BCUT2D eigenvalue weighted by Crippen LogP contribution is 2.10. The van der Waals surface area contributed by atoms with Gasteiger partial charge in [0.2, 0.25) is 0 Å². The molecule has 1 aromatic carbocycles. The summed E-state index contributed by atoms with van der Waals surface area (Å²) in [6.45, 7) is 1.63. The molecule has 1 atom stereocenters. The summed E-state index contributed by atoms with van der Waals surface area (Å²) in [6.07, 6.45) is 0.592. The highest BCUT2D eigenvalue weighted by Gasteiger charge is 2.17. The number of aryl methyl sites for hydroxylation is 1. The molecule has 0 bridgehead atoms. The second-order valence-corrected chi connectivity index (χ2v) is 4.98. The molecule has 2 aromatic rings. The topological polar surface area (TPSA) is 75.1 Å². The number of aliphatic hydroxyl groups is 1. The fourth-order valence-electron chi connectivity index (χ4n) is 1.75. The number of carbonyl (C=O) groups is 1. The van der Waals surface area contributed by atoms with E-state index in [2.05, 4.69) is 14.9 Å². The Labute approximate surface area is 115 Å². The maximum absolute atomic E-state index is 12.0. The first-order valence-electron chi connectivity index (χ1n) is 5.95. The first-order valence-corrected chi connectivity index (χ1v) is 6.72. The van der Waals surface area contributed by atoms with Crippen molar-refractivity contribution < 1.29 is 9.90 Å². The summed E-state index contributed by atoms with van der Waals surface area (Å²) in [4.78, 5) is 12.5. The van der Waals surface area contributed by atoms with Crippen LogP contribution in [0.25, 0.3) is 0 Å². The van der Waals surface area contributed by atoms with Crippen LogP contribution in [0.2, 0.25) is 0 Å². The van der Waals surface area contributed by atoms with Gasteiger partial charge in [0, 0.05) is 0 Å². The molecular formula is C13H15N3O2S. The first-order chi connectivity index (χ1) is 9.20. The summed E-state index contributed by atoms with van der Waals surface area (Å²) >= 11 is 1.06. The van der Waals surface area contributed by atoms with Crippen LogP contribution >= 0.6 is 11.5 Å². The van der Waals surface area contributed by atoms with Crippen molar-refractivity contribution in [3.63, 3.8) is 0 Å². The number of benzene rings is 1. The van der Waals surface area contributed by atoms with Crippen LogP contribution < -0.4 is 5.32 Å². The molecule has 0 fully saturated rings. The number of aromatic nitrogens is 2. The van der Waals surface area contributed by atoms with Gasteiger partial charge in [-0.2, -0.15) is 0 Å². The van der Waals surface area contributed by atoms with Crippen LogP contribution in [0.5, 0.6) is 0 Å². The Morgan fingerprint density at radius 3 is 2.74 bits per heavy atom. The van der Waals surface area contributed by atoms with E-state index in [0.717, 1.165) is 17.1 Å². The highest BCUT2D eigenvalue weighted by atomic mass is 32.1. The minimum Gasteiger partial charge on any atom is -0.394 e. The van der Waals surface area contributed by atoms with E-state index in [1.165, 1.54) is 0 Å². The summed E-state index contributed by atoms with van der Waals surface area (Å²) in [6, 6.07) is 9.42. The van der Waals surface area contributed by atoms with Crippen molar-refractivity contribution in [2.24, 2.45) is 0 Å². The van der Waals surface area contributed by atoms with Crippen LogP contribution in [-0.4, -0.2) is 33.2 Å². The van der Waals surface area contributed by atoms with Gasteiger partial charge < -0.3 is 10.4 Å². The quantitative estimate of drug-likeness (QED) is 0.860. The number of nitrogens with zero attached hydrogens (tertiary/aromatic N) is 2. The molecule has 6 heteroatoms. The van der Waals surface area contributed by atoms with Crippen LogP contribution in [0, 0.1) is 6.92 Å². The van der Waals surface area contributed by atoms with Gasteiger partial charge in [-0.05, 0) is 30.4 Å². The molecular weight excluding hydrogens is 262 g/mol. The lowest BCUT2D eigenvalue weighted by Gasteiger charge is -2.15. The minimum atomic E-state index is -0.309. The smallest absolute Gasteiger partial charge is 0.265 e. The Kier molecular flexibility index (Phi) is 4.59. The average Bonchev–Trinajstić information content (AvgIpc) is 2.85. The van der Waals surface area contributed by atoms with Crippen LogP contribution in [0.1, 0.15) is 20.9 Å². The van der Waals surface area contributed by atoms with Gasteiger partial charge in [-0.3, -0.25) is 4.79 Å². The number of hydrogen-bond donors (Lipinski definition) is 2. The fraction of sp³-hybridized carbons (Fsp3) is 0.308. The number of carbonyl (C=O) groups excluding carboxylic acids is 1. The van der Waals surface area contributed by atoms with Crippen molar-refractivity contribution >= 4 is 17.4 Å². The first kappa shape index (κ1) is 13.6. The van der Waals surface area contributed by atoms with Crippen LogP contribution in [0.15, 0.2) is 30.3 Å². The Hall–Kier alpha value is -1.79. The molecule has 5 nitrogen and oxygen atoms in total. The lowest BCUT2D eigenvalue weighted by atomic mass is 10.1. The molecule has 1 amide bonds. The largest absolute Gasteiger partial charge is 0.394 e. The lowest BCUT2D eigenvalue weighted by Crippen LogP contribution is -2.39. The van der Waals surface area contributed by atoms with E-state index in [4.69, 9.17) is 0 Å². The number of hydrogen-bond acceptors (Lipinski definition) is 5. The van der Waals surface area contributed by atoms with Gasteiger partial charge in [0.1, 0.15) is 4.88 Å². The number of amides is 1. The normalized spacial score (nSPS) is 12.1. The molecule has 100 valence electrons. The molecule has 0 radical (unpaired) electrons. The predicted molar refractivity (Wildman–Crippen MR) is 73.1 cm³/mol. The van der Waals surface area contributed by atoms with Crippen LogP contribution in [0.4, 0.5) is 0 Å². The predicted octanol–water partition coefficient (Wildman–Crippen LogP) is 1.18. The third kappa shape index (κ3) is 3.59. The van der Waals surface area contributed by atoms with Crippen molar-refractivity contribution in [2.75, 3.05) is 6.61 Å². The molecule has 0 aliphatic heterocycles. The number of aliphatic hydroxyl groups excluding tert-OH is 1. The molecule has 0 saturated heterocycles. The maximum Gasteiger partial charge on any atom is 0.265 e. The van der Waals surface area contributed by atoms with Gasteiger partial charge in [0.05, 0.1) is 18.3 Å². The molecule has 0 aliphatic carbocycles. The van der Waals surface area contributed by atoms with E-state index in [0.29, 0.717) is 17.0 Å². The van der Waals surface area contributed by atoms with E-state index in [9.17, 15) is 9.90 Å². The minimum absolute atomic E-state index is 0.105. The van der Waals surface area contributed by atoms with Gasteiger partial charge in [-0.15, -0.1) is 5.10 Å². The van der Waals surface area contributed by atoms with Crippen molar-refractivity contribution in [3.05, 3.63) is 46.5 Å². The molecule has 1 heterocycles. The van der Waals surface area contributed by atoms with Crippen LogP contribution in [-0.2, 0) is 6.42 Å². The Morgan fingerprint density at radius 1 is 1.42 bits per heavy atom. The highest BCUT2D eigenvalue weighted by molar-refractivity contribution is 7.08. The monoisotopic (exact) mass is 277 g/mol. The number of rotatable bonds is 5. The average molecular weight is 277 g/mol. The summed E-state index contributed by atoms with van der Waals surface area (Å²) < 4.78 is 3.73. The SMILES string of the molecule is Cc1nnsc1C(=O)N[C@@H](CO)Cc1ccccc1. The zero-order valence-electron chi connectivity index (χ0n) is 10.5. The van der Waals surface area contributed by atoms with Crippen molar-refractivity contribution in [3.8, 4) is 0 Å². The zero-order chi connectivity index (χ0) is 13.7. The van der Waals surface area contributed by atoms with E-state index < -0.39 is 0 Å². The summed E-state index contributed by atoms with van der Waals surface area (Å²) in [5.74, 6) is -0.234. The van der Waals surface area contributed by atoms with Crippen molar-refractivity contribution in [2.45, 2.75) is 19.4 Å². The van der Waals surface area contributed by atoms with Gasteiger partial charge in [0.15, 0.2) is 0 Å². The van der Waals surface area contributed by atoms with Crippen LogP contribution in [0.3, 0.4) is 0 Å². The molecule has 0 aliphatic rings. The Bertz CT molecular complexity index is 542. The van der Waals surface area contributed by atoms with Crippen molar-refractivity contribution in [1.82, 2.24) is 14.9 Å². The summed E-state index contributed by atoms with van der Waals surface area (Å²) in [5, 5.41) is 16.0. The zero-order valence-corrected chi connectivity index (χ0v) is 11.4. The summed E-state index contributed by atoms with van der Waals surface area (Å²) in [5.41, 5.74) is 1.68. The van der Waals surface area contributed by atoms with Gasteiger partial charge in [-0.25, -0.2) is 0 Å². The van der Waals surface area contributed by atoms with E-state index in [1.54, 1.807) is 6.92 Å². The van der Waals surface area contributed by atoms with E-state index in [1.807, 2.05) is 30.3 Å². The molecule has 2 rings (SSSR count). The van der Waals surface area contributed by atoms with Crippen molar-refractivity contribution in [1.29, 1.82) is 0 Å². The molecule has 0 spiro atoms. The molecule has 2 N–H and O–H groups in total. The van der Waals surface area contributed by atoms with E-state index >= 15 is 0 Å². The lowest BCUT2D eigenvalue weighted by molar-refractivity contribution is 0.0920. The standard InChI is InChI=1S/C13H15N3O2S/c1-9-12(19-16-15-9)13(18)14-11(8-17)7-10-5-3-2-4-6-10/h2-6,11,17H,7-8H2,1H3,(H,14,18)/t11-/m1/s1. The summed E-state index contributed by atoms with van der Waals surface area (Å²) in [7, 11) is 0. The Balaban J connectivity index is 2.00. The molecule has 1 aromatic heterocycles. The van der Waals surface area contributed by atoms with Gasteiger partial charge in [0.25, 0.3) is 5.91 Å². The fourth-order valence-corrected chi connectivity index (χ4v) is 2.31.